The van der Waals surface area contributed by atoms with Crippen molar-refractivity contribution >= 4 is 29.9 Å². The first kappa shape index (κ1) is 23.4. The first-order valence-electron chi connectivity index (χ1n) is 10.4. The number of aromatic nitrogens is 3. The molecule has 0 bridgehead atoms. The van der Waals surface area contributed by atoms with Gasteiger partial charge in [-0.2, -0.15) is 0 Å². The zero-order chi connectivity index (χ0) is 19.6. The fourth-order valence-corrected chi connectivity index (χ4v) is 3.40. The van der Waals surface area contributed by atoms with Gasteiger partial charge in [-0.25, -0.2) is 0 Å². The van der Waals surface area contributed by atoms with Crippen LogP contribution in [0.5, 0.6) is 5.75 Å². The normalized spacial score (nSPS) is 15.8. The van der Waals surface area contributed by atoms with Gasteiger partial charge < -0.3 is 19.9 Å². The lowest BCUT2D eigenvalue weighted by Crippen LogP contribution is -2.42. The lowest BCUT2D eigenvalue weighted by Gasteiger charge is -2.28. The standard InChI is InChI=1S/C21H32N6O.HI/c1-3-5-8-12-22-21(23-13-14-27-16-24-26-20(27)4-2)25-18-11-15-28-19-10-7-6-9-17(18)19;/h6-7,9-10,16,18H,3-5,8,11-15H2,1-2H3,(H2,22,23,25);1H. The van der Waals surface area contributed by atoms with Gasteiger partial charge in [-0.3, -0.25) is 4.99 Å². The third kappa shape index (κ3) is 6.87. The molecule has 1 unspecified atom stereocenters. The van der Waals surface area contributed by atoms with Crippen molar-refractivity contribution in [3.8, 4) is 5.75 Å². The number of benzene rings is 1. The molecule has 3 rings (SSSR count). The lowest BCUT2D eigenvalue weighted by atomic mass is 10.0. The van der Waals surface area contributed by atoms with Crippen LogP contribution in [0, 0.1) is 0 Å². The summed E-state index contributed by atoms with van der Waals surface area (Å²) in [7, 11) is 0. The number of nitrogens with zero attached hydrogens (tertiary/aromatic N) is 4. The van der Waals surface area contributed by atoms with Gasteiger partial charge in [0, 0.05) is 38.0 Å². The lowest BCUT2D eigenvalue weighted by molar-refractivity contribution is 0.261. The van der Waals surface area contributed by atoms with Crippen LogP contribution in [0.15, 0.2) is 35.6 Å². The molecule has 0 spiro atoms. The molecule has 0 fully saturated rings. The molecule has 0 saturated heterocycles. The summed E-state index contributed by atoms with van der Waals surface area (Å²) in [6.45, 7) is 7.45. The molecule has 0 radical (unpaired) electrons. The molecule has 1 aliphatic rings. The topological polar surface area (TPSA) is 76.4 Å². The number of aliphatic imine (C=N–C) groups is 1. The van der Waals surface area contributed by atoms with Gasteiger partial charge in [-0.15, -0.1) is 34.2 Å². The van der Waals surface area contributed by atoms with E-state index in [4.69, 9.17) is 9.73 Å². The Balaban J connectivity index is 0.00000300. The van der Waals surface area contributed by atoms with Crippen molar-refractivity contribution in [1.29, 1.82) is 0 Å². The predicted molar refractivity (Wildman–Crippen MR) is 127 cm³/mol. The van der Waals surface area contributed by atoms with Crippen LogP contribution in [0.1, 0.15) is 57.0 Å². The molecule has 0 saturated carbocycles. The average Bonchev–Trinajstić information content (AvgIpc) is 3.19. The Labute approximate surface area is 190 Å². The number of halogens is 1. The number of fused-ring (bicyclic) bond motifs is 1. The van der Waals surface area contributed by atoms with E-state index >= 15 is 0 Å². The van der Waals surface area contributed by atoms with Crippen molar-refractivity contribution in [2.75, 3.05) is 19.7 Å². The highest BCUT2D eigenvalue weighted by Crippen LogP contribution is 2.31. The van der Waals surface area contributed by atoms with Gasteiger partial charge in [-0.05, 0) is 12.5 Å². The van der Waals surface area contributed by atoms with Crippen molar-refractivity contribution in [3.05, 3.63) is 42.0 Å². The third-order valence-corrected chi connectivity index (χ3v) is 4.96. The highest BCUT2D eigenvalue weighted by Gasteiger charge is 2.21. The maximum absolute atomic E-state index is 5.79. The zero-order valence-corrected chi connectivity index (χ0v) is 19.8. The molecule has 2 aromatic rings. The van der Waals surface area contributed by atoms with Crippen molar-refractivity contribution in [1.82, 2.24) is 25.4 Å². The number of aryl methyl sites for hydroxylation is 1. The summed E-state index contributed by atoms with van der Waals surface area (Å²) < 4.78 is 7.88. The second-order valence-corrected chi connectivity index (χ2v) is 7.03. The van der Waals surface area contributed by atoms with Gasteiger partial charge in [0.2, 0.25) is 0 Å². The van der Waals surface area contributed by atoms with Crippen molar-refractivity contribution < 1.29 is 4.74 Å². The molecule has 160 valence electrons. The molecule has 8 heteroatoms. The van der Waals surface area contributed by atoms with Gasteiger partial charge >= 0.3 is 0 Å². The molecular formula is C21H33IN6O. The molecule has 29 heavy (non-hydrogen) atoms. The summed E-state index contributed by atoms with van der Waals surface area (Å²) in [5.74, 6) is 2.84. The largest absolute Gasteiger partial charge is 0.493 e. The molecule has 2 heterocycles. The minimum Gasteiger partial charge on any atom is -0.493 e. The van der Waals surface area contributed by atoms with Crippen LogP contribution in [0.4, 0.5) is 0 Å². The molecule has 2 N–H and O–H groups in total. The first-order valence-corrected chi connectivity index (χ1v) is 10.4. The Hall–Kier alpha value is -1.84. The van der Waals surface area contributed by atoms with Crippen LogP contribution in [-0.2, 0) is 13.0 Å². The minimum atomic E-state index is 0. The van der Waals surface area contributed by atoms with Crippen LogP contribution in [0.25, 0.3) is 0 Å². The number of hydrogen-bond donors (Lipinski definition) is 2. The Kier molecular flexibility index (Phi) is 10.2. The average molecular weight is 512 g/mol. The van der Waals surface area contributed by atoms with Crippen molar-refractivity contribution in [3.63, 3.8) is 0 Å². The number of rotatable bonds is 9. The van der Waals surface area contributed by atoms with E-state index < -0.39 is 0 Å². The highest BCUT2D eigenvalue weighted by molar-refractivity contribution is 14.0. The van der Waals surface area contributed by atoms with Gasteiger partial charge in [0.15, 0.2) is 5.96 Å². The Morgan fingerprint density at radius 3 is 2.97 bits per heavy atom. The summed E-state index contributed by atoms with van der Waals surface area (Å²) in [6, 6.07) is 8.46. The molecule has 1 atom stereocenters. The SMILES string of the molecule is CCCCCN=C(NCCn1cnnc1CC)NC1CCOc2ccccc21.I. The van der Waals surface area contributed by atoms with E-state index in [0.717, 1.165) is 63.0 Å². The van der Waals surface area contributed by atoms with Crippen LogP contribution in [0.3, 0.4) is 0 Å². The van der Waals surface area contributed by atoms with Gasteiger partial charge in [0.05, 0.1) is 12.6 Å². The number of ether oxygens (including phenoxy) is 1. The van der Waals surface area contributed by atoms with E-state index in [1.807, 2.05) is 12.1 Å². The Morgan fingerprint density at radius 2 is 2.14 bits per heavy atom. The maximum atomic E-state index is 5.79. The third-order valence-electron chi connectivity index (χ3n) is 4.96. The first-order chi connectivity index (χ1) is 13.8. The summed E-state index contributed by atoms with van der Waals surface area (Å²) in [5, 5.41) is 15.3. The number of nitrogens with one attached hydrogen (secondary N) is 2. The molecule has 1 aromatic heterocycles. The predicted octanol–water partition coefficient (Wildman–Crippen LogP) is 3.71. The molecule has 1 aliphatic heterocycles. The number of guanidine groups is 1. The second-order valence-electron chi connectivity index (χ2n) is 7.03. The maximum Gasteiger partial charge on any atom is 0.191 e. The summed E-state index contributed by atoms with van der Waals surface area (Å²) in [4.78, 5) is 4.80. The molecule has 7 nitrogen and oxygen atoms in total. The fourth-order valence-electron chi connectivity index (χ4n) is 3.40. The molecular weight excluding hydrogens is 479 g/mol. The van der Waals surface area contributed by atoms with E-state index in [2.05, 4.69) is 51.4 Å². The van der Waals surface area contributed by atoms with Crippen LogP contribution in [0.2, 0.25) is 0 Å². The van der Waals surface area contributed by atoms with Crippen LogP contribution >= 0.6 is 24.0 Å². The molecule has 0 aliphatic carbocycles. The zero-order valence-electron chi connectivity index (χ0n) is 17.4. The van der Waals surface area contributed by atoms with E-state index in [9.17, 15) is 0 Å². The van der Waals surface area contributed by atoms with Crippen LogP contribution < -0.4 is 15.4 Å². The summed E-state index contributed by atoms with van der Waals surface area (Å²) >= 11 is 0. The van der Waals surface area contributed by atoms with E-state index in [0.29, 0.717) is 0 Å². The fraction of sp³-hybridized carbons (Fsp3) is 0.571. The number of hydrogen-bond acceptors (Lipinski definition) is 4. The number of unbranched alkanes of at least 4 members (excludes halogenated alkanes) is 2. The monoisotopic (exact) mass is 512 g/mol. The summed E-state index contributed by atoms with van der Waals surface area (Å²) in [5.41, 5.74) is 1.20. The molecule has 0 amide bonds. The van der Waals surface area contributed by atoms with Gasteiger partial charge in [-0.1, -0.05) is 44.9 Å². The summed E-state index contributed by atoms with van der Waals surface area (Å²) in [6.07, 6.45) is 7.12. The minimum absolute atomic E-state index is 0. The highest BCUT2D eigenvalue weighted by atomic mass is 127. The van der Waals surface area contributed by atoms with Crippen molar-refractivity contribution in [2.45, 2.75) is 58.5 Å². The second kappa shape index (κ2) is 12.7. The van der Waals surface area contributed by atoms with E-state index in [1.165, 1.54) is 18.4 Å². The Morgan fingerprint density at radius 1 is 1.28 bits per heavy atom. The smallest absolute Gasteiger partial charge is 0.191 e. The van der Waals surface area contributed by atoms with E-state index in [1.54, 1.807) is 6.33 Å². The van der Waals surface area contributed by atoms with Gasteiger partial charge in [0.25, 0.3) is 0 Å². The van der Waals surface area contributed by atoms with Crippen molar-refractivity contribution in [2.24, 2.45) is 4.99 Å². The van der Waals surface area contributed by atoms with Gasteiger partial charge in [0.1, 0.15) is 17.9 Å². The quantitative estimate of drug-likeness (QED) is 0.232. The van der Waals surface area contributed by atoms with E-state index in [-0.39, 0.29) is 30.0 Å². The van der Waals surface area contributed by atoms with Crippen LogP contribution in [-0.4, -0.2) is 40.4 Å². The number of para-hydroxylation sites is 1. The Bertz CT molecular complexity index is 763. The molecule has 1 aromatic carbocycles.